The number of ketones is 1. The summed E-state index contributed by atoms with van der Waals surface area (Å²) in [6, 6.07) is 11.8. The smallest absolute Gasteiger partial charge is 0.166 e. The summed E-state index contributed by atoms with van der Waals surface area (Å²) in [6.45, 7) is 14.6. The van der Waals surface area contributed by atoms with Gasteiger partial charge in [-0.05, 0) is 72.0 Å². The predicted octanol–water partition coefficient (Wildman–Crippen LogP) is 7.68. The molecule has 0 saturated heterocycles. The van der Waals surface area contributed by atoms with E-state index in [0.29, 0.717) is 28.3 Å². The SMILES string of the molecule is CC(C)[Si](c1ccc2[nH]c3cc4c(cc3c2c1)C1CCC(CC1)C4=O)(C(C)C)C(C)C. The molecule has 3 heteroatoms. The monoisotopic (exact) mass is 431 g/mol. The predicted molar refractivity (Wildman–Crippen MR) is 136 cm³/mol. The summed E-state index contributed by atoms with van der Waals surface area (Å²) in [5, 5.41) is 4.25. The van der Waals surface area contributed by atoms with Crippen LogP contribution in [0.5, 0.6) is 0 Å². The van der Waals surface area contributed by atoms with Crippen molar-refractivity contribution in [2.24, 2.45) is 5.92 Å². The van der Waals surface area contributed by atoms with Gasteiger partial charge in [-0.25, -0.2) is 0 Å². The van der Waals surface area contributed by atoms with E-state index in [4.69, 9.17) is 0 Å². The number of benzene rings is 2. The van der Waals surface area contributed by atoms with Crippen molar-refractivity contribution in [2.45, 2.75) is 89.8 Å². The maximum Gasteiger partial charge on any atom is 0.166 e. The van der Waals surface area contributed by atoms with Crippen LogP contribution < -0.4 is 5.19 Å². The van der Waals surface area contributed by atoms with Gasteiger partial charge in [0.25, 0.3) is 0 Å². The topological polar surface area (TPSA) is 32.9 Å². The molecule has 1 fully saturated rings. The van der Waals surface area contributed by atoms with Crippen LogP contribution in [0.3, 0.4) is 0 Å². The Morgan fingerprint density at radius 1 is 0.774 bits per heavy atom. The first kappa shape index (κ1) is 21.0. The molecule has 0 aliphatic heterocycles. The van der Waals surface area contributed by atoms with E-state index in [1.54, 1.807) is 5.19 Å². The first-order chi connectivity index (χ1) is 14.7. The zero-order chi connectivity index (χ0) is 22.1. The Labute approximate surface area is 187 Å². The van der Waals surface area contributed by atoms with Gasteiger partial charge >= 0.3 is 0 Å². The van der Waals surface area contributed by atoms with E-state index in [2.05, 4.69) is 76.9 Å². The molecule has 2 nitrogen and oxygen atoms in total. The second-order valence-electron chi connectivity index (χ2n) is 11.2. The Balaban J connectivity index is 1.75. The number of aromatic nitrogens is 1. The van der Waals surface area contributed by atoms with Crippen molar-refractivity contribution < 1.29 is 4.79 Å². The molecule has 2 aromatic carbocycles. The zero-order valence-electron chi connectivity index (χ0n) is 20.0. The van der Waals surface area contributed by atoms with Crippen LogP contribution in [-0.2, 0) is 0 Å². The molecule has 31 heavy (non-hydrogen) atoms. The van der Waals surface area contributed by atoms with E-state index in [1.165, 1.54) is 34.7 Å². The number of hydrogen-bond acceptors (Lipinski definition) is 1. The third kappa shape index (κ3) is 2.92. The van der Waals surface area contributed by atoms with Crippen LogP contribution in [-0.4, -0.2) is 18.8 Å². The van der Waals surface area contributed by atoms with E-state index in [0.717, 1.165) is 23.9 Å². The Kier molecular flexibility index (Phi) is 4.97. The summed E-state index contributed by atoms with van der Waals surface area (Å²) in [5.74, 6) is 1.20. The average Bonchev–Trinajstić information content (AvgIpc) is 2.97. The van der Waals surface area contributed by atoms with Gasteiger partial charge in [-0.1, -0.05) is 58.9 Å². The minimum Gasteiger partial charge on any atom is -0.354 e. The van der Waals surface area contributed by atoms with Crippen molar-refractivity contribution in [1.29, 1.82) is 0 Å². The van der Waals surface area contributed by atoms with Crippen LogP contribution in [0.15, 0.2) is 30.3 Å². The summed E-state index contributed by atoms with van der Waals surface area (Å²) in [6.07, 6.45) is 4.49. The van der Waals surface area contributed by atoms with Crippen LogP contribution >= 0.6 is 0 Å². The fourth-order valence-electron chi connectivity index (χ4n) is 7.67. The van der Waals surface area contributed by atoms with E-state index in [1.807, 2.05) is 0 Å². The normalized spacial score (nSPS) is 21.6. The second kappa shape index (κ2) is 7.33. The molecular weight excluding hydrogens is 394 g/mol. The highest BCUT2D eigenvalue weighted by molar-refractivity contribution is 6.95. The van der Waals surface area contributed by atoms with Crippen LogP contribution in [0.25, 0.3) is 21.8 Å². The molecule has 0 atom stereocenters. The summed E-state index contributed by atoms with van der Waals surface area (Å²) in [4.78, 5) is 16.8. The number of nitrogens with one attached hydrogen (secondary N) is 1. The fraction of sp³-hybridized carbons (Fsp3) is 0.536. The number of carbonyl (C=O) groups is 1. The van der Waals surface area contributed by atoms with Crippen molar-refractivity contribution >= 4 is 40.8 Å². The molecule has 0 radical (unpaired) electrons. The van der Waals surface area contributed by atoms with Crippen LogP contribution in [0, 0.1) is 5.92 Å². The summed E-state index contributed by atoms with van der Waals surface area (Å²) in [7, 11) is -1.71. The van der Waals surface area contributed by atoms with Gasteiger partial charge in [0, 0.05) is 33.3 Å². The van der Waals surface area contributed by atoms with Crippen molar-refractivity contribution in [3.63, 3.8) is 0 Å². The van der Waals surface area contributed by atoms with E-state index < -0.39 is 8.07 Å². The molecule has 3 aromatic rings. The van der Waals surface area contributed by atoms with Gasteiger partial charge in [-0.15, -0.1) is 0 Å². The first-order valence-corrected chi connectivity index (χ1v) is 14.6. The quantitative estimate of drug-likeness (QED) is 0.422. The molecule has 3 aliphatic rings. The molecule has 3 aliphatic carbocycles. The molecule has 0 spiro atoms. The Morgan fingerprint density at radius 3 is 1.97 bits per heavy atom. The molecular formula is C28H37NOSi. The number of hydrogen-bond donors (Lipinski definition) is 1. The summed E-state index contributed by atoms with van der Waals surface area (Å²) >= 11 is 0. The summed E-state index contributed by atoms with van der Waals surface area (Å²) < 4.78 is 0. The van der Waals surface area contributed by atoms with Gasteiger partial charge < -0.3 is 4.98 Å². The number of H-pyrrole nitrogens is 1. The van der Waals surface area contributed by atoms with E-state index in [-0.39, 0.29) is 5.92 Å². The Hall–Kier alpha value is -1.87. The summed E-state index contributed by atoms with van der Waals surface area (Å²) in [5.41, 5.74) is 6.74. The molecule has 6 rings (SSSR count). The van der Waals surface area contributed by atoms with E-state index >= 15 is 0 Å². The number of Topliss-reactive ketones (excluding diaryl/α,β-unsaturated/α-hetero) is 1. The Bertz CT molecular complexity index is 1140. The standard InChI is InChI=1S/C28H37NOSi/c1-16(2)31(17(3)4,18(5)6)21-11-12-26-23(13-21)24-14-22-19-7-9-20(10-8-19)28(30)25(22)15-27(24)29-26/h11-20,29H,7-10H2,1-6H3. The molecule has 164 valence electrons. The lowest BCUT2D eigenvalue weighted by atomic mass is 9.82. The van der Waals surface area contributed by atoms with Gasteiger partial charge in [0.05, 0.1) is 8.07 Å². The minimum absolute atomic E-state index is 0.251. The molecule has 2 bridgehead atoms. The molecule has 1 saturated carbocycles. The van der Waals surface area contributed by atoms with E-state index in [9.17, 15) is 4.79 Å². The molecule has 1 heterocycles. The van der Waals surface area contributed by atoms with Gasteiger partial charge in [-0.2, -0.15) is 0 Å². The lowest BCUT2D eigenvalue weighted by Gasteiger charge is -2.43. The van der Waals surface area contributed by atoms with Crippen molar-refractivity contribution in [2.75, 3.05) is 0 Å². The minimum atomic E-state index is -1.71. The zero-order valence-corrected chi connectivity index (χ0v) is 21.0. The molecule has 0 unspecified atom stereocenters. The largest absolute Gasteiger partial charge is 0.354 e. The van der Waals surface area contributed by atoms with Gasteiger partial charge in [0.2, 0.25) is 0 Å². The first-order valence-electron chi connectivity index (χ1n) is 12.4. The number of rotatable bonds is 4. The Morgan fingerprint density at radius 2 is 1.35 bits per heavy atom. The highest BCUT2D eigenvalue weighted by Gasteiger charge is 2.44. The van der Waals surface area contributed by atoms with Crippen molar-refractivity contribution in [3.05, 3.63) is 41.5 Å². The second-order valence-corrected chi connectivity index (χ2v) is 17.1. The van der Waals surface area contributed by atoms with Crippen molar-refractivity contribution in [3.8, 4) is 0 Å². The molecule has 0 amide bonds. The highest BCUT2D eigenvalue weighted by atomic mass is 28.3. The van der Waals surface area contributed by atoms with Crippen LogP contribution in [0.1, 0.15) is 89.1 Å². The van der Waals surface area contributed by atoms with Gasteiger partial charge in [-0.3, -0.25) is 4.79 Å². The maximum absolute atomic E-state index is 13.2. The number of fused-ring (bicyclic) bond motifs is 5. The van der Waals surface area contributed by atoms with Gasteiger partial charge in [0.15, 0.2) is 5.78 Å². The molecule has 1 aromatic heterocycles. The fourth-order valence-corrected chi connectivity index (χ4v) is 14.4. The third-order valence-corrected chi connectivity index (χ3v) is 16.0. The number of carbonyl (C=O) groups excluding carboxylic acids is 1. The number of aromatic amines is 1. The molecule has 1 N–H and O–H groups in total. The van der Waals surface area contributed by atoms with Crippen LogP contribution in [0.2, 0.25) is 16.6 Å². The van der Waals surface area contributed by atoms with Gasteiger partial charge in [0.1, 0.15) is 0 Å². The van der Waals surface area contributed by atoms with Crippen molar-refractivity contribution in [1.82, 2.24) is 4.98 Å². The third-order valence-electron chi connectivity index (χ3n) is 8.94. The average molecular weight is 432 g/mol. The maximum atomic E-state index is 13.2. The lowest BCUT2D eigenvalue weighted by molar-refractivity contribution is 0.0898. The highest BCUT2D eigenvalue weighted by Crippen LogP contribution is 2.45. The lowest BCUT2D eigenvalue weighted by Crippen LogP contribution is -2.55. The van der Waals surface area contributed by atoms with Crippen LogP contribution in [0.4, 0.5) is 0 Å².